The lowest BCUT2D eigenvalue weighted by molar-refractivity contribution is -0.140. The van der Waals surface area contributed by atoms with Gasteiger partial charge >= 0.3 is 12.1 Å². The van der Waals surface area contributed by atoms with Crippen LogP contribution < -0.4 is 5.32 Å². The number of aliphatic carboxylic acids is 1. The highest BCUT2D eigenvalue weighted by Crippen LogP contribution is 2.48. The lowest BCUT2D eigenvalue weighted by atomic mass is 9.95. The Morgan fingerprint density at radius 3 is 2.41 bits per heavy atom. The number of carbonyl (C=O) groups is 2. The van der Waals surface area contributed by atoms with Gasteiger partial charge in [-0.2, -0.15) is 10.4 Å². The van der Waals surface area contributed by atoms with E-state index < -0.39 is 23.6 Å². The third kappa shape index (κ3) is 4.65. The Hall–Kier alpha value is -4.97. The molecule has 1 aliphatic carbocycles. The van der Waals surface area contributed by atoms with Gasteiger partial charge in [0.05, 0.1) is 29.2 Å². The van der Waals surface area contributed by atoms with Gasteiger partial charge in [-0.05, 0) is 43.0 Å². The van der Waals surface area contributed by atoms with Crippen LogP contribution >= 0.6 is 0 Å². The number of carboxylic acids is 1. The van der Waals surface area contributed by atoms with Gasteiger partial charge in [0, 0.05) is 5.56 Å². The van der Waals surface area contributed by atoms with Gasteiger partial charge in [0.25, 0.3) is 0 Å². The molecule has 0 radical (unpaired) electrons. The van der Waals surface area contributed by atoms with Crippen molar-refractivity contribution in [1.82, 2.24) is 14.8 Å². The molecule has 1 unspecified atom stereocenters. The molecule has 9 nitrogen and oxygen atoms in total. The number of anilines is 1. The Bertz CT molecular complexity index is 1480. The number of nitrogens with one attached hydrogen (secondary N) is 1. The van der Waals surface area contributed by atoms with E-state index in [1.54, 1.807) is 25.3 Å². The molecule has 1 saturated carbocycles. The average molecular weight is 494 g/mol. The smallest absolute Gasteiger partial charge is 0.413 e. The Kier molecular flexibility index (Phi) is 6.15. The van der Waals surface area contributed by atoms with E-state index in [1.165, 1.54) is 10.9 Å². The highest BCUT2D eigenvalue weighted by molar-refractivity contribution is 5.86. The zero-order valence-electron chi connectivity index (χ0n) is 20.0. The molecule has 1 fully saturated rings. The fraction of sp³-hybridized carbons (Fsp3) is 0.179. The van der Waals surface area contributed by atoms with Gasteiger partial charge in [-0.15, -0.1) is 0 Å². The Balaban J connectivity index is 1.33. The first-order valence-corrected chi connectivity index (χ1v) is 11.7. The summed E-state index contributed by atoms with van der Waals surface area (Å²) in [6, 6.07) is 22.3. The molecule has 2 aromatic heterocycles. The third-order valence-corrected chi connectivity index (χ3v) is 6.55. The summed E-state index contributed by atoms with van der Waals surface area (Å²) in [7, 11) is 0. The lowest BCUT2D eigenvalue weighted by Crippen LogP contribution is -2.19. The minimum absolute atomic E-state index is 0.176. The first kappa shape index (κ1) is 23.8. The minimum Gasteiger partial charge on any atom is -0.481 e. The van der Waals surface area contributed by atoms with Gasteiger partial charge in [-0.1, -0.05) is 54.6 Å². The molecule has 5 rings (SSSR count). The number of carboxylic acid groups (broad SMARTS) is 1. The number of nitrogens with zero attached hydrogens (tertiary/aromatic N) is 4. The lowest BCUT2D eigenvalue weighted by Gasteiger charge is -2.15. The maximum absolute atomic E-state index is 12.6. The highest BCUT2D eigenvalue weighted by Gasteiger charge is 2.51. The molecule has 0 saturated heterocycles. The molecule has 1 atom stereocenters. The van der Waals surface area contributed by atoms with Gasteiger partial charge in [0.2, 0.25) is 0 Å². The molecule has 9 heteroatoms. The topological polar surface area (TPSA) is 130 Å². The summed E-state index contributed by atoms with van der Waals surface area (Å²) in [5, 5.41) is 25.9. The minimum atomic E-state index is -0.790. The largest absolute Gasteiger partial charge is 0.481 e. The molecule has 2 heterocycles. The van der Waals surface area contributed by atoms with Crippen molar-refractivity contribution >= 4 is 17.9 Å². The Labute approximate surface area is 213 Å². The molecule has 0 bridgehead atoms. The van der Waals surface area contributed by atoms with Crippen molar-refractivity contribution in [2.45, 2.75) is 31.3 Å². The second-order valence-corrected chi connectivity index (χ2v) is 8.88. The maximum atomic E-state index is 12.6. The van der Waals surface area contributed by atoms with Crippen LogP contribution in [-0.4, -0.2) is 31.9 Å². The van der Waals surface area contributed by atoms with Crippen molar-refractivity contribution in [3.8, 4) is 23.0 Å². The normalized spacial score (nSPS) is 14.3. The van der Waals surface area contributed by atoms with Crippen molar-refractivity contribution in [3.63, 3.8) is 0 Å². The number of aromatic nitrogens is 3. The molecule has 2 aromatic carbocycles. The number of hydrogen-bond acceptors (Lipinski definition) is 6. The number of hydrogen-bond donors (Lipinski definition) is 2. The predicted octanol–water partition coefficient (Wildman–Crippen LogP) is 5.23. The van der Waals surface area contributed by atoms with Crippen LogP contribution in [0.1, 0.15) is 42.6 Å². The van der Waals surface area contributed by atoms with Crippen LogP contribution in [0.5, 0.6) is 0 Å². The Morgan fingerprint density at radius 1 is 1.08 bits per heavy atom. The SMILES string of the molecule is CC(OC(=O)Nc1c(C#N)cnn1-c1ccc(-c2ccc(C3(C(=O)O)CC3)cc2)nc1)c1ccccc1. The van der Waals surface area contributed by atoms with Crippen molar-refractivity contribution in [2.75, 3.05) is 5.32 Å². The molecule has 4 aromatic rings. The number of amides is 1. The summed E-state index contributed by atoms with van der Waals surface area (Å²) in [6.07, 6.45) is 3.05. The van der Waals surface area contributed by atoms with Crippen molar-refractivity contribution in [2.24, 2.45) is 0 Å². The van der Waals surface area contributed by atoms with Crippen molar-refractivity contribution in [3.05, 3.63) is 95.8 Å². The van der Waals surface area contributed by atoms with E-state index in [9.17, 15) is 20.0 Å². The zero-order valence-corrected chi connectivity index (χ0v) is 20.0. The first-order chi connectivity index (χ1) is 17.9. The van der Waals surface area contributed by atoms with Gasteiger partial charge < -0.3 is 9.84 Å². The molecular formula is C28H23N5O4. The highest BCUT2D eigenvalue weighted by atomic mass is 16.6. The second-order valence-electron chi connectivity index (χ2n) is 8.88. The number of nitriles is 1. The molecule has 1 amide bonds. The summed E-state index contributed by atoms with van der Waals surface area (Å²) in [5.74, 6) is -0.614. The standard InChI is InChI=1S/C28H23N5O4/c1-18(19-5-3-2-4-6-19)37-27(36)32-25-21(15-29)16-31-33(25)23-11-12-24(30-17-23)20-7-9-22(10-8-20)28(13-14-28)26(34)35/h2-12,16-18H,13-14H2,1H3,(H,32,36)(H,34,35). The molecule has 0 spiro atoms. The number of pyridine rings is 1. The summed E-state index contributed by atoms with van der Waals surface area (Å²) >= 11 is 0. The van der Waals surface area contributed by atoms with E-state index in [2.05, 4.69) is 15.4 Å². The summed E-state index contributed by atoms with van der Waals surface area (Å²) in [6.45, 7) is 1.76. The van der Waals surface area contributed by atoms with Crippen molar-refractivity contribution < 1.29 is 19.4 Å². The summed E-state index contributed by atoms with van der Waals surface area (Å²) in [4.78, 5) is 28.7. The average Bonchev–Trinajstić information content (AvgIpc) is 3.65. The van der Waals surface area contributed by atoms with Gasteiger partial charge in [0.15, 0.2) is 5.82 Å². The number of rotatable bonds is 7. The fourth-order valence-electron chi connectivity index (χ4n) is 4.22. The molecular weight excluding hydrogens is 470 g/mol. The predicted molar refractivity (Wildman–Crippen MR) is 135 cm³/mol. The van der Waals surface area contributed by atoms with E-state index in [0.29, 0.717) is 24.2 Å². The fourth-order valence-corrected chi connectivity index (χ4v) is 4.22. The van der Waals surface area contributed by atoms with Gasteiger partial charge in [-0.25, -0.2) is 9.48 Å². The van der Waals surface area contributed by atoms with E-state index in [0.717, 1.165) is 16.7 Å². The monoisotopic (exact) mass is 493 g/mol. The number of benzene rings is 2. The second kappa shape index (κ2) is 9.59. The van der Waals surface area contributed by atoms with E-state index >= 15 is 0 Å². The number of ether oxygens (including phenoxy) is 1. The van der Waals surface area contributed by atoms with Crippen LogP contribution in [0.25, 0.3) is 16.9 Å². The quantitative estimate of drug-likeness (QED) is 0.360. The third-order valence-electron chi connectivity index (χ3n) is 6.55. The Morgan fingerprint density at radius 2 is 1.81 bits per heavy atom. The van der Waals surface area contributed by atoms with E-state index in [1.807, 2.05) is 60.7 Å². The van der Waals surface area contributed by atoms with Crippen LogP contribution in [-0.2, 0) is 14.9 Å². The van der Waals surface area contributed by atoms with Crippen LogP contribution in [0.3, 0.4) is 0 Å². The number of carbonyl (C=O) groups excluding carboxylic acids is 1. The van der Waals surface area contributed by atoms with Crippen LogP contribution in [0.15, 0.2) is 79.1 Å². The zero-order chi connectivity index (χ0) is 26.0. The molecule has 1 aliphatic rings. The van der Waals surface area contributed by atoms with Crippen LogP contribution in [0, 0.1) is 11.3 Å². The molecule has 2 N–H and O–H groups in total. The maximum Gasteiger partial charge on any atom is 0.413 e. The van der Waals surface area contributed by atoms with E-state index in [4.69, 9.17) is 4.74 Å². The van der Waals surface area contributed by atoms with Crippen LogP contribution in [0.4, 0.5) is 10.6 Å². The summed E-state index contributed by atoms with van der Waals surface area (Å²) < 4.78 is 6.89. The van der Waals surface area contributed by atoms with Gasteiger partial charge in [-0.3, -0.25) is 15.1 Å². The summed E-state index contributed by atoms with van der Waals surface area (Å²) in [5.41, 5.74) is 3.13. The first-order valence-electron chi connectivity index (χ1n) is 11.7. The molecule has 37 heavy (non-hydrogen) atoms. The van der Waals surface area contributed by atoms with E-state index in [-0.39, 0.29) is 11.4 Å². The molecule has 184 valence electrons. The van der Waals surface area contributed by atoms with Crippen LogP contribution in [0.2, 0.25) is 0 Å². The van der Waals surface area contributed by atoms with Crippen molar-refractivity contribution in [1.29, 1.82) is 5.26 Å². The van der Waals surface area contributed by atoms with Gasteiger partial charge in [0.1, 0.15) is 17.7 Å². The molecule has 0 aliphatic heterocycles.